The second-order valence-corrected chi connectivity index (χ2v) is 6.83. The predicted octanol–water partition coefficient (Wildman–Crippen LogP) is 3.44. The molecule has 0 aliphatic heterocycles. The zero-order valence-corrected chi connectivity index (χ0v) is 11.0. The van der Waals surface area contributed by atoms with Gasteiger partial charge in [-0.2, -0.15) is 11.8 Å². The largest absolute Gasteiger partial charge is 0.310 e. The van der Waals surface area contributed by atoms with Crippen LogP contribution in [0.4, 0.5) is 0 Å². The van der Waals surface area contributed by atoms with Gasteiger partial charge in [0.1, 0.15) is 0 Å². The van der Waals surface area contributed by atoms with Crippen LogP contribution in [0.2, 0.25) is 0 Å². The summed E-state index contributed by atoms with van der Waals surface area (Å²) in [5.41, 5.74) is 0. The molecule has 2 heteroatoms. The van der Waals surface area contributed by atoms with E-state index >= 15 is 0 Å². The van der Waals surface area contributed by atoms with Gasteiger partial charge < -0.3 is 5.32 Å². The summed E-state index contributed by atoms with van der Waals surface area (Å²) >= 11 is 2.17. The molecule has 2 aliphatic rings. The molecule has 1 nitrogen and oxygen atoms in total. The minimum atomic E-state index is 0.824. The standard InChI is InChI=1S/C13H25NS/c1-3-15-13-6-4-5-12(13)14-11-8-7-10(2)9-11/h10-14H,3-9H2,1-2H3. The molecular formula is C13H25NS. The molecule has 0 heterocycles. The van der Waals surface area contributed by atoms with Crippen LogP contribution in [-0.4, -0.2) is 23.1 Å². The molecule has 2 aliphatic carbocycles. The molecule has 2 fully saturated rings. The number of hydrogen-bond donors (Lipinski definition) is 1. The summed E-state index contributed by atoms with van der Waals surface area (Å²) < 4.78 is 0. The zero-order valence-electron chi connectivity index (χ0n) is 10.2. The lowest BCUT2D eigenvalue weighted by molar-refractivity contribution is 0.430. The second-order valence-electron chi connectivity index (χ2n) is 5.31. The first-order valence-corrected chi connectivity index (χ1v) is 7.72. The molecule has 0 spiro atoms. The lowest BCUT2D eigenvalue weighted by Gasteiger charge is -2.24. The highest BCUT2D eigenvalue weighted by molar-refractivity contribution is 7.99. The van der Waals surface area contributed by atoms with E-state index in [1.807, 2.05) is 0 Å². The van der Waals surface area contributed by atoms with E-state index in [2.05, 4.69) is 30.9 Å². The third-order valence-electron chi connectivity index (χ3n) is 3.98. The van der Waals surface area contributed by atoms with Gasteiger partial charge in [0, 0.05) is 17.3 Å². The maximum atomic E-state index is 3.92. The number of rotatable bonds is 4. The van der Waals surface area contributed by atoms with Crippen LogP contribution in [0.1, 0.15) is 52.4 Å². The summed E-state index contributed by atoms with van der Waals surface area (Å²) in [7, 11) is 0. The molecule has 88 valence electrons. The molecule has 0 saturated heterocycles. The van der Waals surface area contributed by atoms with E-state index in [0.29, 0.717) is 0 Å². The summed E-state index contributed by atoms with van der Waals surface area (Å²) in [5, 5.41) is 4.83. The van der Waals surface area contributed by atoms with Crippen LogP contribution in [0.25, 0.3) is 0 Å². The number of hydrogen-bond acceptors (Lipinski definition) is 2. The van der Waals surface area contributed by atoms with Crippen LogP contribution in [0, 0.1) is 5.92 Å². The van der Waals surface area contributed by atoms with E-state index in [0.717, 1.165) is 23.3 Å². The SMILES string of the molecule is CCSC1CCCC1NC1CCC(C)C1. The smallest absolute Gasteiger partial charge is 0.0201 e. The molecule has 4 atom stereocenters. The Morgan fingerprint density at radius 3 is 2.73 bits per heavy atom. The molecule has 0 aromatic carbocycles. The van der Waals surface area contributed by atoms with Crippen molar-refractivity contribution in [3.8, 4) is 0 Å². The van der Waals surface area contributed by atoms with Gasteiger partial charge in [0.15, 0.2) is 0 Å². The molecule has 0 bridgehead atoms. The van der Waals surface area contributed by atoms with Crippen LogP contribution in [0.3, 0.4) is 0 Å². The van der Waals surface area contributed by atoms with Crippen molar-refractivity contribution in [3.05, 3.63) is 0 Å². The van der Waals surface area contributed by atoms with Gasteiger partial charge >= 0.3 is 0 Å². The molecule has 0 amide bonds. The van der Waals surface area contributed by atoms with Crippen LogP contribution in [-0.2, 0) is 0 Å². The highest BCUT2D eigenvalue weighted by Gasteiger charge is 2.30. The Kier molecular flexibility index (Phi) is 4.39. The Hall–Kier alpha value is 0.310. The van der Waals surface area contributed by atoms with Gasteiger partial charge in [-0.25, -0.2) is 0 Å². The molecule has 0 aromatic rings. The fourth-order valence-corrected chi connectivity index (χ4v) is 4.40. The van der Waals surface area contributed by atoms with Crippen molar-refractivity contribution >= 4 is 11.8 Å². The van der Waals surface area contributed by atoms with E-state index in [1.54, 1.807) is 0 Å². The Labute approximate surface area is 98.8 Å². The highest BCUT2D eigenvalue weighted by atomic mass is 32.2. The quantitative estimate of drug-likeness (QED) is 0.789. The fraction of sp³-hybridized carbons (Fsp3) is 1.00. The summed E-state index contributed by atoms with van der Waals surface area (Å²) in [6.07, 6.45) is 8.58. The van der Waals surface area contributed by atoms with Crippen LogP contribution in [0.5, 0.6) is 0 Å². The molecule has 2 saturated carbocycles. The second kappa shape index (κ2) is 5.58. The lowest BCUT2D eigenvalue weighted by atomic mass is 10.1. The van der Waals surface area contributed by atoms with Gasteiger partial charge in [-0.3, -0.25) is 0 Å². The first kappa shape index (κ1) is 11.8. The van der Waals surface area contributed by atoms with Gasteiger partial charge in [-0.15, -0.1) is 0 Å². The molecule has 1 N–H and O–H groups in total. The van der Waals surface area contributed by atoms with E-state index in [1.165, 1.54) is 44.3 Å². The number of nitrogens with one attached hydrogen (secondary N) is 1. The third-order valence-corrected chi connectivity index (χ3v) is 5.30. The van der Waals surface area contributed by atoms with E-state index < -0.39 is 0 Å². The van der Waals surface area contributed by atoms with Crippen LogP contribution < -0.4 is 5.32 Å². The molecule has 2 rings (SSSR count). The van der Waals surface area contributed by atoms with E-state index in [-0.39, 0.29) is 0 Å². The Morgan fingerprint density at radius 1 is 1.20 bits per heavy atom. The topological polar surface area (TPSA) is 12.0 Å². The lowest BCUT2D eigenvalue weighted by Crippen LogP contribution is -2.40. The van der Waals surface area contributed by atoms with Crippen LogP contribution >= 0.6 is 11.8 Å². The average molecular weight is 227 g/mol. The number of thioether (sulfide) groups is 1. The summed E-state index contributed by atoms with van der Waals surface area (Å²) in [5.74, 6) is 2.24. The van der Waals surface area contributed by atoms with E-state index in [4.69, 9.17) is 0 Å². The van der Waals surface area contributed by atoms with Crippen molar-refractivity contribution < 1.29 is 0 Å². The Bertz CT molecular complexity index is 195. The Balaban J connectivity index is 1.77. The van der Waals surface area contributed by atoms with Gasteiger partial charge in [0.25, 0.3) is 0 Å². The van der Waals surface area contributed by atoms with Gasteiger partial charge in [-0.05, 0) is 43.8 Å². The predicted molar refractivity (Wildman–Crippen MR) is 69.5 cm³/mol. The molecule has 0 radical (unpaired) electrons. The van der Waals surface area contributed by atoms with Crippen molar-refractivity contribution in [1.82, 2.24) is 5.32 Å². The maximum absolute atomic E-state index is 3.92. The molecule has 4 unspecified atom stereocenters. The maximum Gasteiger partial charge on any atom is 0.0201 e. The molecule has 15 heavy (non-hydrogen) atoms. The molecular weight excluding hydrogens is 202 g/mol. The highest BCUT2D eigenvalue weighted by Crippen LogP contribution is 2.32. The van der Waals surface area contributed by atoms with Crippen LogP contribution in [0.15, 0.2) is 0 Å². The summed E-state index contributed by atoms with van der Waals surface area (Å²) in [4.78, 5) is 0. The first-order valence-electron chi connectivity index (χ1n) is 6.67. The van der Waals surface area contributed by atoms with Crippen molar-refractivity contribution in [3.63, 3.8) is 0 Å². The summed E-state index contributed by atoms with van der Waals surface area (Å²) in [6.45, 7) is 4.69. The first-order chi connectivity index (χ1) is 7.29. The van der Waals surface area contributed by atoms with Gasteiger partial charge in [-0.1, -0.05) is 20.3 Å². The fourth-order valence-electron chi connectivity index (χ4n) is 3.19. The van der Waals surface area contributed by atoms with Gasteiger partial charge in [0.05, 0.1) is 0 Å². The van der Waals surface area contributed by atoms with E-state index in [9.17, 15) is 0 Å². The van der Waals surface area contributed by atoms with Gasteiger partial charge in [0.2, 0.25) is 0 Å². The minimum Gasteiger partial charge on any atom is -0.310 e. The molecule has 0 aromatic heterocycles. The Morgan fingerprint density at radius 2 is 2.07 bits per heavy atom. The van der Waals surface area contributed by atoms with Crippen molar-refractivity contribution in [2.45, 2.75) is 69.7 Å². The minimum absolute atomic E-state index is 0.824. The van der Waals surface area contributed by atoms with Crippen molar-refractivity contribution in [2.75, 3.05) is 5.75 Å². The zero-order chi connectivity index (χ0) is 10.7. The summed E-state index contributed by atoms with van der Waals surface area (Å²) in [6, 6.07) is 1.66. The van der Waals surface area contributed by atoms with Crippen molar-refractivity contribution in [2.24, 2.45) is 5.92 Å². The average Bonchev–Trinajstić information content (AvgIpc) is 2.78. The third kappa shape index (κ3) is 3.13. The van der Waals surface area contributed by atoms with Crippen molar-refractivity contribution in [1.29, 1.82) is 0 Å². The normalized spacial score (nSPS) is 41.2. The monoisotopic (exact) mass is 227 g/mol.